The van der Waals surface area contributed by atoms with Crippen LogP contribution in [0.15, 0.2) is 170 Å². The summed E-state index contributed by atoms with van der Waals surface area (Å²) in [5, 5.41) is 14.6. The molecule has 0 bridgehead atoms. The van der Waals surface area contributed by atoms with Crippen LogP contribution in [0.3, 0.4) is 0 Å². The first-order valence-corrected chi connectivity index (χ1v) is 54.3. The number of hydrogen-bond acceptors (Lipinski definition) is 0. The molecule has 20 heteroatoms. The predicted octanol–water partition coefficient (Wildman–Crippen LogP) is 25.9. The molecular weight excluding hydrogens is 1610 g/mol. The first-order chi connectivity index (χ1) is 56.2. The van der Waals surface area contributed by atoms with Crippen LogP contribution >= 0.6 is 0 Å². The molecule has 0 unspecified atom stereocenters. The molecule has 121 heavy (non-hydrogen) atoms. The quantitative estimate of drug-likeness (QED) is 0.0436. The molecule has 0 aliphatic heterocycles. The standard InChI is InChI=1S/C27H35F3NSi.C26H33F3NSi.C25H31F3NSi.C23H27F3NSi/c1-8-32(9-2,18(3)4)23-10-11-24-22(16-23)12-13-31(7)26(24)25-15-21(17-27(28,29)30)14-19(5)20(25)6;1-7-31(8-2,9-3)22-10-11-23-21(16-22)12-13-30(6)25(23)24-15-20(17-26(27,28)29)14-18(4)19(24)5;1-16(2)30(6,7)21-8-9-22-20(14-21)10-11-29(5)24(22)23-13-19(15-25(26,27)28)12-17(3)18(23)4;1-15-11-17(14-23(24,25)26)12-21(16(15)2)22-20-8-7-19(28(4,5)6)13-18(20)9-10-27(22)3/h10-16,18H,8-9,17H2,1-7H3;10-16H,7-9,17H2,1-6H3;8-14,16H,15H2,1-7H3;7-13H,14H2,1-6H3/q4*+1. The van der Waals surface area contributed by atoms with Crippen LogP contribution in [-0.2, 0) is 53.9 Å². The number of alkyl halides is 12. The number of nitrogens with zero attached hydrogens (tertiary/aromatic N) is 4. The average molecular weight is 1740 g/mol. The zero-order chi connectivity index (χ0) is 90.1. The van der Waals surface area contributed by atoms with E-state index in [-0.39, 0.29) is 0 Å². The van der Waals surface area contributed by atoms with E-state index >= 15 is 0 Å². The van der Waals surface area contributed by atoms with Crippen molar-refractivity contribution in [2.24, 2.45) is 28.2 Å². The number of aryl methyl sites for hydroxylation is 8. The molecule has 4 aromatic heterocycles. The zero-order valence-corrected chi connectivity index (χ0v) is 80.0. The Morgan fingerprint density at radius 1 is 0.289 bits per heavy atom. The molecule has 8 aromatic carbocycles. The van der Waals surface area contributed by atoms with E-state index in [0.29, 0.717) is 33.3 Å². The van der Waals surface area contributed by atoms with E-state index < -0.39 is 82.7 Å². The fourth-order valence-electron chi connectivity index (χ4n) is 17.9. The first-order valence-electron chi connectivity index (χ1n) is 42.6. The molecule has 0 aliphatic carbocycles. The smallest absolute Gasteiger partial charge is 0.200 e. The summed E-state index contributed by atoms with van der Waals surface area (Å²) >= 11 is 0. The Morgan fingerprint density at radius 3 is 0.769 bits per heavy atom. The van der Waals surface area contributed by atoms with Gasteiger partial charge in [-0.2, -0.15) is 52.7 Å². The lowest BCUT2D eigenvalue weighted by Gasteiger charge is -2.34. The van der Waals surface area contributed by atoms with Crippen molar-refractivity contribution in [3.8, 4) is 45.0 Å². The van der Waals surface area contributed by atoms with Gasteiger partial charge in [-0.15, -0.1) is 0 Å². The Balaban J connectivity index is 0.000000184. The summed E-state index contributed by atoms with van der Waals surface area (Å²) in [4.78, 5) is 0. The molecule has 12 aromatic rings. The van der Waals surface area contributed by atoms with E-state index in [1.54, 1.807) is 48.5 Å². The highest BCUT2D eigenvalue weighted by atomic mass is 28.3. The van der Waals surface area contributed by atoms with Crippen molar-refractivity contribution < 1.29 is 71.0 Å². The molecule has 0 saturated heterocycles. The average Bonchev–Trinajstić information content (AvgIpc) is 0.770. The molecule has 0 N–H and O–H groups in total. The van der Waals surface area contributed by atoms with E-state index in [2.05, 4.69) is 192 Å². The highest BCUT2D eigenvalue weighted by molar-refractivity contribution is 6.93. The van der Waals surface area contributed by atoms with Gasteiger partial charge < -0.3 is 0 Å². The molecule has 0 amide bonds. The van der Waals surface area contributed by atoms with E-state index in [1.165, 1.54) is 51.0 Å². The topological polar surface area (TPSA) is 15.5 Å². The second-order valence-electron chi connectivity index (χ2n) is 36.3. The van der Waals surface area contributed by atoms with Gasteiger partial charge >= 0.3 is 24.7 Å². The predicted molar refractivity (Wildman–Crippen MR) is 493 cm³/mol. The largest absolute Gasteiger partial charge is 0.393 e. The minimum absolute atomic E-state index is 0.307. The van der Waals surface area contributed by atoms with Crippen molar-refractivity contribution in [1.82, 2.24) is 0 Å². The summed E-state index contributed by atoms with van der Waals surface area (Å²) in [7, 11) is 1.71. The van der Waals surface area contributed by atoms with E-state index in [4.69, 9.17) is 0 Å². The maximum absolute atomic E-state index is 13.1. The van der Waals surface area contributed by atoms with Crippen molar-refractivity contribution >= 4 is 96.1 Å². The fourth-order valence-corrected chi connectivity index (χ4v) is 28.9. The van der Waals surface area contributed by atoms with E-state index in [1.807, 2.05) is 127 Å². The molecule has 0 radical (unpaired) electrons. The van der Waals surface area contributed by atoms with Gasteiger partial charge in [-0.3, -0.25) is 0 Å². The number of fused-ring (bicyclic) bond motifs is 4. The summed E-state index contributed by atoms with van der Waals surface area (Å²) in [5.41, 5.74) is 17.5. The van der Waals surface area contributed by atoms with Crippen LogP contribution in [0.4, 0.5) is 52.7 Å². The lowest BCUT2D eigenvalue weighted by Crippen LogP contribution is -2.49. The zero-order valence-electron chi connectivity index (χ0n) is 76.0. The van der Waals surface area contributed by atoms with Crippen LogP contribution < -0.4 is 39.0 Å². The van der Waals surface area contributed by atoms with Gasteiger partial charge in [0.15, 0.2) is 24.8 Å². The number of pyridine rings is 4. The second-order valence-corrected chi connectivity index (χ2v) is 57.3. The molecule has 12 rings (SSSR count). The van der Waals surface area contributed by atoms with Gasteiger partial charge in [-0.1, -0.05) is 219 Å². The summed E-state index contributed by atoms with van der Waals surface area (Å²) in [6.45, 7) is 48.0. The number of rotatable bonds is 19. The molecule has 0 atom stereocenters. The lowest BCUT2D eigenvalue weighted by atomic mass is 9.93. The van der Waals surface area contributed by atoms with Gasteiger partial charge in [-0.25, -0.2) is 18.3 Å². The van der Waals surface area contributed by atoms with Gasteiger partial charge in [0.05, 0.1) is 102 Å². The summed E-state index contributed by atoms with van der Waals surface area (Å²) < 4.78 is 165. The van der Waals surface area contributed by atoms with Crippen molar-refractivity contribution in [2.45, 2.75) is 242 Å². The summed E-state index contributed by atoms with van der Waals surface area (Å²) in [6.07, 6.45) is -12.4. The highest BCUT2D eigenvalue weighted by Gasteiger charge is 2.39. The monoisotopic (exact) mass is 1730 g/mol. The van der Waals surface area contributed by atoms with Gasteiger partial charge in [0, 0.05) is 24.3 Å². The SMILES string of the molecule is CC[Si](CC)(CC)c1ccc2c(-c3cc(CC(F)(F)F)cc(C)c3C)[n+](C)ccc2c1.CC[Si](CC)(c1ccc2c(-c3cc(CC(F)(F)F)cc(C)c3C)[n+](C)ccc2c1)C(C)C.Cc1cc(CC(F)(F)F)cc(-c2c3ccc([Si](C)(C)C(C)C)cc3cc[n+]2C)c1C.Cc1cc(CC(F)(F)F)cc(-c2c3ccc([Si](C)(C)C)cc3cc[n+]2C)c1C. The molecule has 4 nitrogen and oxygen atoms in total. The van der Waals surface area contributed by atoms with Crippen LogP contribution in [-0.4, -0.2) is 57.0 Å². The van der Waals surface area contributed by atoms with Crippen molar-refractivity contribution in [3.05, 3.63) is 237 Å². The van der Waals surface area contributed by atoms with Crippen LogP contribution in [0.5, 0.6) is 0 Å². The minimum Gasteiger partial charge on any atom is -0.200 e. The number of aromatic nitrogens is 4. The van der Waals surface area contributed by atoms with Crippen LogP contribution in [0.1, 0.15) is 129 Å². The summed E-state index contributed by atoms with van der Waals surface area (Å²) in [6, 6.07) is 54.9. The van der Waals surface area contributed by atoms with Crippen molar-refractivity contribution in [3.63, 3.8) is 0 Å². The van der Waals surface area contributed by atoms with Gasteiger partial charge in [0.2, 0.25) is 22.8 Å². The molecule has 0 fully saturated rings. The molecule has 646 valence electrons. The Kier molecular flexibility index (Phi) is 29.8. The third-order valence-electron chi connectivity index (χ3n) is 26.7. The van der Waals surface area contributed by atoms with Crippen LogP contribution in [0.2, 0.25) is 74.0 Å². The third-order valence-corrected chi connectivity index (χ3v) is 45.3. The molecular formula is C101H126F12N4Si4+4. The lowest BCUT2D eigenvalue weighted by molar-refractivity contribution is -0.659. The van der Waals surface area contributed by atoms with Gasteiger partial charge in [0.25, 0.3) is 0 Å². The first kappa shape index (κ1) is 96.3. The number of halogens is 12. The maximum Gasteiger partial charge on any atom is 0.393 e. The number of hydrogen-bond donors (Lipinski definition) is 0. The van der Waals surface area contributed by atoms with Crippen molar-refractivity contribution in [2.75, 3.05) is 0 Å². The minimum atomic E-state index is -4.22. The van der Waals surface area contributed by atoms with Crippen molar-refractivity contribution in [1.29, 1.82) is 0 Å². The second kappa shape index (κ2) is 37.5. The molecule has 0 spiro atoms. The summed E-state index contributed by atoms with van der Waals surface area (Å²) in [5.74, 6) is 0. The maximum atomic E-state index is 13.1. The Labute approximate surface area is 715 Å². The fraction of sp³-hybridized carbons (Fsp3) is 0.406. The van der Waals surface area contributed by atoms with E-state index in [9.17, 15) is 52.7 Å². The van der Waals surface area contributed by atoms with Crippen LogP contribution in [0, 0.1) is 55.4 Å². The third kappa shape index (κ3) is 22.0. The van der Waals surface area contributed by atoms with Gasteiger partial charge in [0.1, 0.15) is 28.2 Å². The molecule has 0 saturated carbocycles. The Hall–Kier alpha value is -8.57. The van der Waals surface area contributed by atoms with E-state index in [0.717, 1.165) is 133 Å². The Morgan fingerprint density at radius 2 is 0.529 bits per heavy atom. The molecule has 4 heterocycles. The molecule has 0 aliphatic rings. The van der Waals surface area contributed by atoms with Crippen LogP contribution in [0.25, 0.3) is 88.1 Å². The number of benzene rings is 8. The normalized spacial score (nSPS) is 12.7. The van der Waals surface area contributed by atoms with Gasteiger partial charge in [-0.05, 0) is 203 Å². The Bertz CT molecular complexity index is 5770. The highest BCUT2D eigenvalue weighted by Crippen LogP contribution is 2.40.